The molecule has 0 aliphatic carbocycles. The molecule has 2 rings (SSSR count). The van der Waals surface area contributed by atoms with Gasteiger partial charge in [0, 0.05) is 21.7 Å². The predicted molar refractivity (Wildman–Crippen MR) is 95.2 cm³/mol. The van der Waals surface area contributed by atoms with Crippen molar-refractivity contribution in [3.05, 3.63) is 63.1 Å². The van der Waals surface area contributed by atoms with Crippen LogP contribution < -0.4 is 5.32 Å². The Balaban J connectivity index is 1.93. The summed E-state index contributed by atoms with van der Waals surface area (Å²) in [4.78, 5) is 1.22. The van der Waals surface area contributed by atoms with Gasteiger partial charge in [0.2, 0.25) is 0 Å². The molecule has 0 aliphatic heterocycles. The molecule has 0 aliphatic rings. The maximum absolute atomic E-state index is 6.06. The highest BCUT2D eigenvalue weighted by molar-refractivity contribution is 7.99. The SMILES string of the molecule is CNC(CSc1ccc(Cl)cc1)Cc1ccc(Cl)c(Cl)c1. The fourth-order valence-corrected chi connectivity index (χ4v) is 3.38. The Morgan fingerprint density at radius 3 is 2.33 bits per heavy atom. The molecule has 1 N–H and O–H groups in total. The molecule has 0 fully saturated rings. The van der Waals surface area contributed by atoms with E-state index in [4.69, 9.17) is 34.8 Å². The van der Waals surface area contributed by atoms with Gasteiger partial charge in [-0.1, -0.05) is 40.9 Å². The summed E-state index contributed by atoms with van der Waals surface area (Å²) in [7, 11) is 1.98. The Morgan fingerprint density at radius 1 is 1.00 bits per heavy atom. The number of hydrogen-bond donors (Lipinski definition) is 1. The average Bonchev–Trinajstić information content (AvgIpc) is 2.49. The number of nitrogens with one attached hydrogen (secondary N) is 1. The molecule has 112 valence electrons. The summed E-state index contributed by atoms with van der Waals surface area (Å²) in [5.41, 5.74) is 1.18. The van der Waals surface area contributed by atoms with E-state index in [2.05, 4.69) is 5.32 Å². The zero-order valence-electron chi connectivity index (χ0n) is 11.6. The van der Waals surface area contributed by atoms with Crippen LogP contribution in [-0.4, -0.2) is 18.8 Å². The smallest absolute Gasteiger partial charge is 0.0595 e. The third-order valence-electron chi connectivity index (χ3n) is 3.14. The van der Waals surface area contributed by atoms with Gasteiger partial charge in [0.25, 0.3) is 0 Å². The molecule has 0 heterocycles. The zero-order valence-corrected chi connectivity index (χ0v) is 14.7. The van der Waals surface area contributed by atoms with Gasteiger partial charge in [-0.05, 0) is 55.4 Å². The average molecular weight is 361 g/mol. The van der Waals surface area contributed by atoms with Crippen LogP contribution in [0.2, 0.25) is 15.1 Å². The molecule has 5 heteroatoms. The van der Waals surface area contributed by atoms with Crippen molar-refractivity contribution in [1.29, 1.82) is 0 Å². The van der Waals surface area contributed by atoms with E-state index in [9.17, 15) is 0 Å². The summed E-state index contributed by atoms with van der Waals surface area (Å²) in [5.74, 6) is 0.971. The highest BCUT2D eigenvalue weighted by Gasteiger charge is 2.09. The normalized spacial score (nSPS) is 12.4. The molecule has 0 aromatic heterocycles. The lowest BCUT2D eigenvalue weighted by Crippen LogP contribution is -2.30. The summed E-state index contributed by atoms with van der Waals surface area (Å²) < 4.78 is 0. The van der Waals surface area contributed by atoms with E-state index in [1.807, 2.05) is 61.3 Å². The van der Waals surface area contributed by atoms with Crippen molar-refractivity contribution in [1.82, 2.24) is 5.32 Å². The van der Waals surface area contributed by atoms with Crippen LogP contribution in [0.5, 0.6) is 0 Å². The summed E-state index contributed by atoms with van der Waals surface area (Å²) in [6.07, 6.45) is 0.911. The van der Waals surface area contributed by atoms with Gasteiger partial charge in [0.15, 0.2) is 0 Å². The Kier molecular flexibility index (Phi) is 6.72. The van der Waals surface area contributed by atoms with Gasteiger partial charge in [-0.2, -0.15) is 0 Å². The number of hydrogen-bond acceptors (Lipinski definition) is 2. The fraction of sp³-hybridized carbons (Fsp3) is 0.250. The molecule has 21 heavy (non-hydrogen) atoms. The quantitative estimate of drug-likeness (QED) is 0.676. The molecule has 1 unspecified atom stereocenters. The molecular weight excluding hydrogens is 345 g/mol. The molecule has 0 bridgehead atoms. The van der Waals surface area contributed by atoms with Crippen LogP contribution >= 0.6 is 46.6 Å². The molecule has 2 aromatic rings. The lowest BCUT2D eigenvalue weighted by molar-refractivity contribution is 0.617. The van der Waals surface area contributed by atoms with E-state index >= 15 is 0 Å². The Hall–Kier alpha value is -0.380. The van der Waals surface area contributed by atoms with Crippen molar-refractivity contribution in [3.8, 4) is 0 Å². The van der Waals surface area contributed by atoms with Gasteiger partial charge in [-0.3, -0.25) is 0 Å². The van der Waals surface area contributed by atoms with Crippen LogP contribution in [-0.2, 0) is 6.42 Å². The van der Waals surface area contributed by atoms with Crippen LogP contribution in [0.4, 0.5) is 0 Å². The minimum atomic E-state index is 0.364. The fourth-order valence-electron chi connectivity index (χ4n) is 1.92. The monoisotopic (exact) mass is 359 g/mol. The molecule has 0 spiro atoms. The van der Waals surface area contributed by atoms with Crippen molar-refractivity contribution in [2.45, 2.75) is 17.4 Å². The molecule has 0 saturated carbocycles. The van der Waals surface area contributed by atoms with E-state index in [1.165, 1.54) is 10.5 Å². The second-order valence-corrected chi connectivity index (χ2v) is 7.05. The lowest BCUT2D eigenvalue weighted by atomic mass is 10.1. The third kappa shape index (κ3) is 5.39. The third-order valence-corrected chi connectivity index (χ3v) is 5.30. The molecule has 1 nitrogen and oxygen atoms in total. The second-order valence-electron chi connectivity index (χ2n) is 4.70. The summed E-state index contributed by atoms with van der Waals surface area (Å²) in [5, 5.41) is 5.31. The van der Waals surface area contributed by atoms with Gasteiger partial charge in [0.1, 0.15) is 0 Å². The van der Waals surface area contributed by atoms with Gasteiger partial charge in [0.05, 0.1) is 10.0 Å². The van der Waals surface area contributed by atoms with Crippen LogP contribution in [0.3, 0.4) is 0 Å². The number of rotatable bonds is 6. The van der Waals surface area contributed by atoms with Gasteiger partial charge in [-0.25, -0.2) is 0 Å². The maximum atomic E-state index is 6.06. The Morgan fingerprint density at radius 2 is 1.71 bits per heavy atom. The van der Waals surface area contributed by atoms with E-state index in [0.29, 0.717) is 16.1 Å². The first-order valence-electron chi connectivity index (χ1n) is 6.58. The Bertz CT molecular complexity index is 587. The largest absolute Gasteiger partial charge is 0.316 e. The first kappa shape index (κ1) is 17.0. The molecule has 0 radical (unpaired) electrons. The zero-order chi connectivity index (χ0) is 15.2. The van der Waals surface area contributed by atoms with Crippen LogP contribution in [0.1, 0.15) is 5.56 Å². The lowest BCUT2D eigenvalue weighted by Gasteiger charge is -2.16. The first-order chi connectivity index (χ1) is 10.1. The van der Waals surface area contributed by atoms with E-state index < -0.39 is 0 Å². The number of likely N-dealkylation sites (N-methyl/N-ethyl adjacent to an activating group) is 1. The molecular formula is C16H16Cl3NS. The van der Waals surface area contributed by atoms with Crippen molar-refractivity contribution in [2.75, 3.05) is 12.8 Å². The molecule has 0 amide bonds. The van der Waals surface area contributed by atoms with Gasteiger partial charge in [-0.15, -0.1) is 11.8 Å². The summed E-state index contributed by atoms with van der Waals surface area (Å²) in [6.45, 7) is 0. The van der Waals surface area contributed by atoms with Crippen LogP contribution in [0, 0.1) is 0 Å². The standard InChI is InChI=1S/C16H16Cl3NS/c1-20-13(8-11-2-7-15(18)16(19)9-11)10-21-14-5-3-12(17)4-6-14/h2-7,9,13,20H,8,10H2,1H3. The predicted octanol–water partition coefficient (Wildman–Crippen LogP) is 5.57. The topological polar surface area (TPSA) is 12.0 Å². The second kappa shape index (κ2) is 8.30. The Labute approximate surface area is 145 Å². The van der Waals surface area contributed by atoms with Crippen molar-refractivity contribution in [2.24, 2.45) is 0 Å². The van der Waals surface area contributed by atoms with Crippen LogP contribution in [0.15, 0.2) is 47.4 Å². The van der Waals surface area contributed by atoms with E-state index in [1.54, 1.807) is 0 Å². The van der Waals surface area contributed by atoms with Crippen molar-refractivity contribution in [3.63, 3.8) is 0 Å². The number of halogens is 3. The maximum Gasteiger partial charge on any atom is 0.0595 e. The molecule has 2 aromatic carbocycles. The minimum Gasteiger partial charge on any atom is -0.316 e. The number of thioether (sulfide) groups is 1. The highest BCUT2D eigenvalue weighted by atomic mass is 35.5. The van der Waals surface area contributed by atoms with Gasteiger partial charge >= 0.3 is 0 Å². The van der Waals surface area contributed by atoms with E-state index in [-0.39, 0.29) is 0 Å². The van der Waals surface area contributed by atoms with E-state index in [0.717, 1.165) is 17.2 Å². The van der Waals surface area contributed by atoms with Crippen molar-refractivity contribution >= 4 is 46.6 Å². The van der Waals surface area contributed by atoms with Gasteiger partial charge < -0.3 is 5.32 Å². The summed E-state index contributed by atoms with van der Waals surface area (Å²) >= 11 is 19.7. The molecule has 1 atom stereocenters. The van der Waals surface area contributed by atoms with Crippen LogP contribution in [0.25, 0.3) is 0 Å². The minimum absolute atomic E-state index is 0.364. The number of benzene rings is 2. The first-order valence-corrected chi connectivity index (χ1v) is 8.70. The summed E-state index contributed by atoms with van der Waals surface area (Å²) in [6, 6.07) is 14.1. The highest BCUT2D eigenvalue weighted by Crippen LogP contribution is 2.25. The van der Waals surface area contributed by atoms with Crippen molar-refractivity contribution < 1.29 is 0 Å². The molecule has 0 saturated heterocycles.